The van der Waals surface area contributed by atoms with Gasteiger partial charge < -0.3 is 5.32 Å². The predicted molar refractivity (Wildman–Crippen MR) is 73.1 cm³/mol. The van der Waals surface area contributed by atoms with Gasteiger partial charge in [0.2, 0.25) is 0 Å². The summed E-state index contributed by atoms with van der Waals surface area (Å²) in [7, 11) is 0. The summed E-state index contributed by atoms with van der Waals surface area (Å²) in [4.78, 5) is 4.62. The van der Waals surface area contributed by atoms with Crippen LogP contribution in [0, 0.1) is 11.3 Å². The Morgan fingerprint density at radius 3 is 2.69 bits per heavy atom. The number of nitrogens with one attached hydrogen (secondary N) is 1. The van der Waals surface area contributed by atoms with E-state index in [0.29, 0.717) is 16.7 Å². The van der Waals surface area contributed by atoms with E-state index in [2.05, 4.69) is 38.0 Å². The minimum atomic E-state index is 0.421. The molecule has 0 aromatic rings. The molecule has 0 bridgehead atoms. The SMILES string of the molecule is CC(NC1=NCC(CC(C)(C)C)S1)C1CC1. The molecule has 16 heavy (non-hydrogen) atoms. The second kappa shape index (κ2) is 4.59. The van der Waals surface area contributed by atoms with E-state index in [0.717, 1.165) is 12.5 Å². The third-order valence-corrected chi connectivity index (χ3v) is 4.36. The van der Waals surface area contributed by atoms with Gasteiger partial charge in [-0.1, -0.05) is 32.5 Å². The van der Waals surface area contributed by atoms with Crippen molar-refractivity contribution in [2.75, 3.05) is 6.54 Å². The van der Waals surface area contributed by atoms with E-state index in [1.165, 1.54) is 24.4 Å². The van der Waals surface area contributed by atoms with Crippen LogP contribution in [-0.2, 0) is 0 Å². The van der Waals surface area contributed by atoms with Crippen molar-refractivity contribution in [1.29, 1.82) is 0 Å². The van der Waals surface area contributed by atoms with E-state index < -0.39 is 0 Å². The molecule has 2 aliphatic rings. The van der Waals surface area contributed by atoms with Crippen LogP contribution in [0.5, 0.6) is 0 Å². The first-order valence-electron chi connectivity index (χ1n) is 6.42. The molecule has 0 aromatic heterocycles. The molecule has 0 radical (unpaired) electrons. The van der Waals surface area contributed by atoms with Crippen molar-refractivity contribution in [2.24, 2.45) is 16.3 Å². The van der Waals surface area contributed by atoms with Crippen molar-refractivity contribution in [3.8, 4) is 0 Å². The number of rotatable bonds is 3. The molecule has 2 nitrogen and oxygen atoms in total. The Bertz CT molecular complexity index is 276. The highest BCUT2D eigenvalue weighted by atomic mass is 32.2. The average molecular weight is 240 g/mol. The Hall–Kier alpha value is -0.180. The van der Waals surface area contributed by atoms with Crippen LogP contribution in [0.4, 0.5) is 0 Å². The molecule has 0 spiro atoms. The number of hydrogen-bond acceptors (Lipinski definition) is 3. The Kier molecular flexibility index (Phi) is 3.53. The third kappa shape index (κ3) is 3.69. The maximum Gasteiger partial charge on any atom is 0.157 e. The molecule has 1 N–H and O–H groups in total. The maximum absolute atomic E-state index is 4.62. The van der Waals surface area contributed by atoms with Crippen molar-refractivity contribution in [3.05, 3.63) is 0 Å². The number of aliphatic imine (C=N–C) groups is 1. The van der Waals surface area contributed by atoms with Crippen molar-refractivity contribution >= 4 is 16.9 Å². The van der Waals surface area contributed by atoms with E-state index in [1.807, 2.05) is 11.8 Å². The van der Waals surface area contributed by atoms with Crippen LogP contribution >= 0.6 is 11.8 Å². The van der Waals surface area contributed by atoms with Crippen LogP contribution in [0.15, 0.2) is 4.99 Å². The summed E-state index contributed by atoms with van der Waals surface area (Å²) in [5, 5.41) is 5.45. The molecule has 2 unspecified atom stereocenters. The largest absolute Gasteiger partial charge is 0.362 e. The first-order valence-corrected chi connectivity index (χ1v) is 7.30. The lowest BCUT2D eigenvalue weighted by Crippen LogP contribution is -2.31. The van der Waals surface area contributed by atoms with Gasteiger partial charge in [-0.2, -0.15) is 0 Å². The van der Waals surface area contributed by atoms with Crippen LogP contribution < -0.4 is 5.32 Å². The Morgan fingerprint density at radius 1 is 1.44 bits per heavy atom. The molecule has 2 rings (SSSR count). The van der Waals surface area contributed by atoms with Crippen LogP contribution in [0.25, 0.3) is 0 Å². The highest BCUT2D eigenvalue weighted by molar-refractivity contribution is 8.14. The van der Waals surface area contributed by atoms with Gasteiger partial charge in [0.05, 0.1) is 6.54 Å². The number of thioether (sulfide) groups is 1. The van der Waals surface area contributed by atoms with Gasteiger partial charge in [-0.25, -0.2) is 0 Å². The summed E-state index contributed by atoms with van der Waals surface area (Å²) in [6, 6.07) is 0.625. The standard InChI is InChI=1S/C13H24N2S/c1-9(10-5-6-10)15-12-14-8-11(16-12)7-13(2,3)4/h9-11H,5-8H2,1-4H3,(H,14,15). The van der Waals surface area contributed by atoms with Crippen LogP contribution in [0.1, 0.15) is 47.0 Å². The zero-order chi connectivity index (χ0) is 11.8. The van der Waals surface area contributed by atoms with E-state index in [4.69, 9.17) is 0 Å². The topological polar surface area (TPSA) is 24.4 Å². The van der Waals surface area contributed by atoms with E-state index in [1.54, 1.807) is 0 Å². The average Bonchev–Trinajstić information content (AvgIpc) is 2.89. The first kappa shape index (κ1) is 12.3. The summed E-state index contributed by atoms with van der Waals surface area (Å²) in [5.74, 6) is 0.907. The molecule has 2 atom stereocenters. The molecule has 0 aromatic carbocycles. The normalized spacial score (nSPS) is 27.8. The second-order valence-electron chi connectivity index (χ2n) is 6.42. The Balaban J connectivity index is 1.74. The Morgan fingerprint density at radius 2 is 2.12 bits per heavy atom. The van der Waals surface area contributed by atoms with Crippen molar-refractivity contribution in [1.82, 2.24) is 5.32 Å². The lowest BCUT2D eigenvalue weighted by Gasteiger charge is -2.22. The molecule has 1 saturated carbocycles. The van der Waals surface area contributed by atoms with Gasteiger partial charge in [0.25, 0.3) is 0 Å². The number of hydrogen-bond donors (Lipinski definition) is 1. The molecule has 92 valence electrons. The quantitative estimate of drug-likeness (QED) is 0.818. The van der Waals surface area contributed by atoms with E-state index in [9.17, 15) is 0 Å². The lowest BCUT2D eigenvalue weighted by molar-refractivity contribution is 0.375. The molecule has 1 heterocycles. The summed E-state index contributed by atoms with van der Waals surface area (Å²) in [6.45, 7) is 10.2. The van der Waals surface area contributed by atoms with Gasteiger partial charge in [-0.15, -0.1) is 0 Å². The summed E-state index contributed by atoms with van der Waals surface area (Å²) in [6.07, 6.45) is 4.05. The monoisotopic (exact) mass is 240 g/mol. The Labute approximate surface area is 104 Å². The molecular formula is C13H24N2S. The minimum absolute atomic E-state index is 0.421. The summed E-state index contributed by atoms with van der Waals surface area (Å²) >= 11 is 1.95. The highest BCUT2D eigenvalue weighted by Gasteiger charge is 2.31. The molecule has 1 fully saturated rings. The van der Waals surface area contributed by atoms with Crippen molar-refractivity contribution in [3.63, 3.8) is 0 Å². The van der Waals surface area contributed by atoms with Gasteiger partial charge in [0.1, 0.15) is 0 Å². The molecule has 0 saturated heterocycles. The fourth-order valence-electron chi connectivity index (χ4n) is 2.19. The van der Waals surface area contributed by atoms with Gasteiger partial charge in [0, 0.05) is 11.3 Å². The maximum atomic E-state index is 4.62. The number of amidine groups is 1. The van der Waals surface area contributed by atoms with Crippen LogP contribution in [0.3, 0.4) is 0 Å². The highest BCUT2D eigenvalue weighted by Crippen LogP contribution is 2.35. The van der Waals surface area contributed by atoms with Gasteiger partial charge in [-0.3, -0.25) is 4.99 Å². The molecular weight excluding hydrogens is 216 g/mol. The smallest absolute Gasteiger partial charge is 0.157 e. The van der Waals surface area contributed by atoms with Crippen molar-refractivity contribution < 1.29 is 0 Å². The van der Waals surface area contributed by atoms with Crippen LogP contribution in [0.2, 0.25) is 0 Å². The van der Waals surface area contributed by atoms with Gasteiger partial charge in [-0.05, 0) is 37.5 Å². The zero-order valence-corrected chi connectivity index (χ0v) is 11.7. The lowest BCUT2D eigenvalue weighted by atomic mass is 9.90. The minimum Gasteiger partial charge on any atom is -0.362 e. The molecule has 0 amide bonds. The molecule has 1 aliphatic heterocycles. The van der Waals surface area contributed by atoms with Gasteiger partial charge in [0.15, 0.2) is 5.17 Å². The third-order valence-electron chi connectivity index (χ3n) is 3.24. The number of nitrogens with zero attached hydrogens (tertiary/aromatic N) is 1. The molecule has 1 aliphatic carbocycles. The van der Waals surface area contributed by atoms with Gasteiger partial charge >= 0.3 is 0 Å². The first-order chi connectivity index (χ1) is 7.44. The predicted octanol–water partition coefficient (Wildman–Crippen LogP) is 3.28. The van der Waals surface area contributed by atoms with Crippen molar-refractivity contribution in [2.45, 2.75) is 58.2 Å². The fraction of sp³-hybridized carbons (Fsp3) is 0.923. The summed E-state index contributed by atoms with van der Waals surface area (Å²) < 4.78 is 0. The summed E-state index contributed by atoms with van der Waals surface area (Å²) in [5.41, 5.74) is 0.421. The zero-order valence-electron chi connectivity index (χ0n) is 10.9. The fourth-order valence-corrected chi connectivity index (χ4v) is 3.65. The van der Waals surface area contributed by atoms with E-state index >= 15 is 0 Å². The van der Waals surface area contributed by atoms with E-state index in [-0.39, 0.29) is 0 Å². The molecule has 3 heteroatoms. The van der Waals surface area contributed by atoms with Crippen LogP contribution in [-0.4, -0.2) is 23.0 Å². The second-order valence-corrected chi connectivity index (χ2v) is 7.71.